The summed E-state index contributed by atoms with van der Waals surface area (Å²) in [4.78, 5) is 0. The number of nitrogens with one attached hydrogen (secondary N) is 1. The maximum Gasteiger partial charge on any atom is 0.0931 e. The normalized spacial score (nSPS) is 9.00. The lowest BCUT2D eigenvalue weighted by atomic mass is 10.3. The van der Waals surface area contributed by atoms with Crippen molar-refractivity contribution in [1.29, 1.82) is 0 Å². The Kier molecular flexibility index (Phi) is 38.4. The molecule has 18 heavy (non-hydrogen) atoms. The third-order valence-corrected chi connectivity index (χ3v) is 1.66. The summed E-state index contributed by atoms with van der Waals surface area (Å²) >= 11 is 0. The van der Waals surface area contributed by atoms with Gasteiger partial charge in [-0.1, -0.05) is 27.2 Å². The summed E-state index contributed by atoms with van der Waals surface area (Å²) in [7, 11) is 0. The van der Waals surface area contributed by atoms with Crippen LogP contribution in [0.5, 0.6) is 0 Å². The molecule has 0 spiro atoms. The molecule has 0 bridgehead atoms. The molecule has 114 valence electrons. The van der Waals surface area contributed by atoms with Gasteiger partial charge in [-0.15, -0.1) is 0 Å². The van der Waals surface area contributed by atoms with Crippen LogP contribution in [0.1, 0.15) is 40.5 Å². The van der Waals surface area contributed by atoms with Crippen LogP contribution in [0.4, 0.5) is 0 Å². The third kappa shape index (κ3) is 36.0. The summed E-state index contributed by atoms with van der Waals surface area (Å²) in [6, 6.07) is 0. The van der Waals surface area contributed by atoms with Crippen LogP contribution in [0.3, 0.4) is 0 Å². The molecule has 0 aromatic carbocycles. The lowest BCUT2D eigenvalue weighted by Gasteiger charge is -2.00. The zero-order valence-electron chi connectivity index (χ0n) is 12.7. The van der Waals surface area contributed by atoms with Crippen LogP contribution in [-0.2, 0) is 9.47 Å². The van der Waals surface area contributed by atoms with Gasteiger partial charge in [0.05, 0.1) is 26.6 Å². The lowest BCUT2D eigenvalue weighted by Crippen LogP contribution is -2.15. The van der Waals surface area contributed by atoms with Gasteiger partial charge in [0, 0.05) is 13.2 Å². The van der Waals surface area contributed by atoms with Gasteiger partial charge in [0.2, 0.25) is 0 Å². The second kappa shape index (κ2) is 30.1. The first-order valence-electron chi connectivity index (χ1n) is 7.00. The van der Waals surface area contributed by atoms with Gasteiger partial charge in [0.1, 0.15) is 0 Å². The maximum atomic E-state index is 8.18. The van der Waals surface area contributed by atoms with E-state index in [-0.39, 0.29) is 6.73 Å². The van der Waals surface area contributed by atoms with Gasteiger partial charge in [0.25, 0.3) is 0 Å². The molecule has 0 saturated carbocycles. The first kappa shape index (κ1) is 22.9. The Balaban J connectivity index is -0.000000225. The highest BCUT2D eigenvalue weighted by atomic mass is 16.5. The second-order valence-electron chi connectivity index (χ2n) is 3.11. The average Bonchev–Trinajstić information content (AvgIpc) is 2.42. The van der Waals surface area contributed by atoms with Crippen LogP contribution in [-0.4, -0.2) is 51.4 Å². The van der Waals surface area contributed by atoms with Crippen molar-refractivity contribution in [2.24, 2.45) is 5.73 Å². The van der Waals surface area contributed by atoms with E-state index in [9.17, 15) is 0 Å². The highest BCUT2D eigenvalue weighted by molar-refractivity contribution is 4.36. The van der Waals surface area contributed by atoms with E-state index >= 15 is 0 Å². The van der Waals surface area contributed by atoms with E-state index in [1.54, 1.807) is 0 Å². The number of hydrogen-bond donors (Lipinski definition) is 3. The monoisotopic (exact) mass is 266 g/mol. The largest absolute Gasteiger partial charge is 0.381 e. The highest BCUT2D eigenvalue weighted by Crippen LogP contribution is 1.80. The molecule has 0 fully saturated rings. The molecule has 0 aliphatic heterocycles. The fraction of sp³-hybridized carbons (Fsp3) is 1.00. The quantitative estimate of drug-likeness (QED) is 0.411. The molecule has 0 heterocycles. The molecule has 5 nitrogen and oxygen atoms in total. The second-order valence-corrected chi connectivity index (χ2v) is 3.11. The predicted molar refractivity (Wildman–Crippen MR) is 77.7 cm³/mol. The first-order chi connectivity index (χ1) is 8.83. The number of rotatable bonds is 10. The van der Waals surface area contributed by atoms with Gasteiger partial charge in [-0.05, 0) is 19.9 Å². The van der Waals surface area contributed by atoms with E-state index < -0.39 is 0 Å². The molecule has 0 radical (unpaired) electrons. The van der Waals surface area contributed by atoms with Crippen LogP contribution >= 0.6 is 0 Å². The maximum absolute atomic E-state index is 8.18. The van der Waals surface area contributed by atoms with Crippen molar-refractivity contribution >= 4 is 0 Å². The van der Waals surface area contributed by atoms with Gasteiger partial charge in [0.15, 0.2) is 0 Å². The van der Waals surface area contributed by atoms with Crippen molar-refractivity contribution in [2.75, 3.05) is 46.2 Å². The fourth-order valence-electron chi connectivity index (χ4n) is 0.828. The van der Waals surface area contributed by atoms with E-state index in [0.29, 0.717) is 26.4 Å². The SMILES string of the molecule is CC.CCCCNCO.CCOCCOCCN. The number of aliphatic hydroxyl groups is 1. The molecule has 4 N–H and O–H groups in total. The van der Waals surface area contributed by atoms with Crippen LogP contribution in [0.25, 0.3) is 0 Å². The summed E-state index contributed by atoms with van der Waals surface area (Å²) in [5.74, 6) is 0. The molecule has 0 aromatic rings. The van der Waals surface area contributed by atoms with Crippen LogP contribution < -0.4 is 11.1 Å². The van der Waals surface area contributed by atoms with Gasteiger partial charge >= 0.3 is 0 Å². The highest BCUT2D eigenvalue weighted by Gasteiger charge is 1.84. The van der Waals surface area contributed by atoms with E-state index in [4.69, 9.17) is 20.3 Å². The molecular weight excluding hydrogens is 232 g/mol. The van der Waals surface area contributed by atoms with E-state index in [0.717, 1.165) is 19.6 Å². The summed E-state index contributed by atoms with van der Waals surface area (Å²) in [6.07, 6.45) is 2.34. The van der Waals surface area contributed by atoms with Crippen molar-refractivity contribution in [3.8, 4) is 0 Å². The third-order valence-electron chi connectivity index (χ3n) is 1.66. The van der Waals surface area contributed by atoms with E-state index in [1.807, 2.05) is 20.8 Å². The zero-order chi connectivity index (χ0) is 14.5. The van der Waals surface area contributed by atoms with Crippen molar-refractivity contribution in [1.82, 2.24) is 5.32 Å². The summed E-state index contributed by atoms with van der Waals surface area (Å²) in [6.45, 7) is 12.4. The Bertz CT molecular complexity index is 96.2. The topological polar surface area (TPSA) is 76.7 Å². The van der Waals surface area contributed by atoms with Crippen molar-refractivity contribution in [2.45, 2.75) is 40.5 Å². The summed E-state index contributed by atoms with van der Waals surface area (Å²) < 4.78 is 10.0. The lowest BCUT2D eigenvalue weighted by molar-refractivity contribution is 0.0561. The minimum absolute atomic E-state index is 0.111. The Labute approximate surface area is 113 Å². The van der Waals surface area contributed by atoms with Crippen molar-refractivity contribution < 1.29 is 14.6 Å². The number of unbranched alkanes of at least 4 members (excludes halogenated alkanes) is 1. The molecule has 0 aromatic heterocycles. The minimum Gasteiger partial charge on any atom is -0.381 e. The summed E-state index contributed by atoms with van der Waals surface area (Å²) in [5, 5.41) is 11.0. The summed E-state index contributed by atoms with van der Waals surface area (Å²) in [5.41, 5.74) is 5.18. The molecule has 0 saturated heterocycles. The van der Waals surface area contributed by atoms with Crippen molar-refractivity contribution in [3.63, 3.8) is 0 Å². The van der Waals surface area contributed by atoms with E-state index in [2.05, 4.69) is 12.2 Å². The van der Waals surface area contributed by atoms with Gasteiger partial charge < -0.3 is 20.3 Å². The number of nitrogens with two attached hydrogens (primary N) is 1. The fourth-order valence-corrected chi connectivity index (χ4v) is 0.828. The Morgan fingerprint density at radius 1 is 1.06 bits per heavy atom. The van der Waals surface area contributed by atoms with Crippen LogP contribution in [0.15, 0.2) is 0 Å². The van der Waals surface area contributed by atoms with Gasteiger partial charge in [-0.2, -0.15) is 0 Å². The van der Waals surface area contributed by atoms with E-state index in [1.165, 1.54) is 6.42 Å². The Morgan fingerprint density at radius 3 is 2.11 bits per heavy atom. The molecule has 0 rings (SSSR count). The van der Waals surface area contributed by atoms with Crippen molar-refractivity contribution in [3.05, 3.63) is 0 Å². The number of hydrogen-bond acceptors (Lipinski definition) is 5. The Hall–Kier alpha value is -0.200. The molecule has 0 aliphatic carbocycles. The zero-order valence-corrected chi connectivity index (χ0v) is 12.7. The first-order valence-corrected chi connectivity index (χ1v) is 7.00. The van der Waals surface area contributed by atoms with Crippen LogP contribution in [0.2, 0.25) is 0 Å². The number of aliphatic hydroxyl groups excluding tert-OH is 1. The predicted octanol–water partition coefficient (Wildman–Crippen LogP) is 1.35. The molecule has 5 heteroatoms. The smallest absolute Gasteiger partial charge is 0.0931 e. The average molecular weight is 266 g/mol. The molecule has 0 unspecified atom stereocenters. The number of ether oxygens (including phenoxy) is 2. The Morgan fingerprint density at radius 2 is 1.67 bits per heavy atom. The molecule has 0 amide bonds. The molecule has 0 atom stereocenters. The molecule has 0 aliphatic rings. The standard InChI is InChI=1S/C6H15NO2.C5H13NO.C2H6/c1-2-8-5-6-9-4-3-7;1-2-3-4-6-5-7;1-2/h2-7H2,1H3;6-7H,2-5H2,1H3;1-2H3. The van der Waals surface area contributed by atoms with Gasteiger partial charge in [-0.3, -0.25) is 5.32 Å². The van der Waals surface area contributed by atoms with Gasteiger partial charge in [-0.25, -0.2) is 0 Å². The van der Waals surface area contributed by atoms with Crippen LogP contribution in [0, 0.1) is 0 Å². The molecular formula is C13H34N2O3. The minimum atomic E-state index is 0.111.